The summed E-state index contributed by atoms with van der Waals surface area (Å²) in [5.74, 6) is 5.38. The summed E-state index contributed by atoms with van der Waals surface area (Å²) in [4.78, 5) is 49.0. The highest BCUT2D eigenvalue weighted by Gasteiger charge is 2.44. The van der Waals surface area contributed by atoms with Crippen molar-refractivity contribution in [1.82, 2.24) is 14.9 Å². The maximum Gasteiger partial charge on any atom is 0.330 e. The van der Waals surface area contributed by atoms with E-state index in [4.69, 9.17) is 9.47 Å². The van der Waals surface area contributed by atoms with E-state index < -0.39 is 35.8 Å². The Labute approximate surface area is 177 Å². The molecule has 4 atom stereocenters. The van der Waals surface area contributed by atoms with Gasteiger partial charge in [-0.15, -0.1) is 0 Å². The quantitative estimate of drug-likeness (QED) is 0.477. The average Bonchev–Trinajstić information content (AvgIpc) is 3.01. The predicted octanol–water partition coefficient (Wildman–Crippen LogP) is -0.643. The molecule has 2 rings (SSSR count). The molecule has 11 heteroatoms. The van der Waals surface area contributed by atoms with E-state index in [9.17, 15) is 24.3 Å². The van der Waals surface area contributed by atoms with Gasteiger partial charge in [0.1, 0.15) is 17.8 Å². The van der Waals surface area contributed by atoms with Crippen LogP contribution in [-0.2, 0) is 19.1 Å². The Bertz CT molecular complexity index is 946. The number of rotatable bonds is 7. The van der Waals surface area contributed by atoms with Crippen LogP contribution in [0.5, 0.6) is 0 Å². The second-order valence-electron chi connectivity index (χ2n) is 6.54. The fraction of sp³-hybridized carbons (Fsp3) is 0.579. The lowest BCUT2D eigenvalue weighted by molar-refractivity contribution is -0.120. The molecule has 1 unspecified atom stereocenters. The zero-order valence-corrected chi connectivity index (χ0v) is 17.8. The molecule has 1 aliphatic rings. The van der Waals surface area contributed by atoms with Gasteiger partial charge in [-0.05, 0) is 6.42 Å². The lowest BCUT2D eigenvalue weighted by atomic mass is 10.1. The van der Waals surface area contributed by atoms with Gasteiger partial charge >= 0.3 is 5.69 Å². The minimum Gasteiger partial charge on any atom is -0.388 e. The number of aliphatic hydroxyl groups excluding tert-OH is 1. The molecule has 1 aliphatic heterocycles. The van der Waals surface area contributed by atoms with Gasteiger partial charge in [-0.3, -0.25) is 23.9 Å². The molecular weight excluding hydrogens is 414 g/mol. The van der Waals surface area contributed by atoms with Crippen molar-refractivity contribution in [2.45, 2.75) is 51.2 Å². The summed E-state index contributed by atoms with van der Waals surface area (Å²) >= 11 is 1.06. The highest BCUT2D eigenvalue weighted by Crippen LogP contribution is 2.31. The molecule has 0 spiro atoms. The molecule has 1 aromatic rings. The van der Waals surface area contributed by atoms with Gasteiger partial charge in [-0.1, -0.05) is 30.5 Å². The molecule has 1 aromatic heterocycles. The highest BCUT2D eigenvalue weighted by molar-refractivity contribution is 8.13. The third-order valence-electron chi connectivity index (χ3n) is 4.46. The smallest absolute Gasteiger partial charge is 0.330 e. The van der Waals surface area contributed by atoms with Gasteiger partial charge in [-0.2, -0.15) is 0 Å². The number of aromatic amines is 1. The number of nitrogens with zero attached hydrogens (tertiary/aromatic N) is 1. The third kappa shape index (κ3) is 6.06. The summed E-state index contributed by atoms with van der Waals surface area (Å²) in [6.45, 7) is 3.27. The number of aliphatic hydroxyl groups is 1. The van der Waals surface area contributed by atoms with Crippen LogP contribution in [0.1, 0.15) is 38.5 Å². The molecule has 30 heavy (non-hydrogen) atoms. The maximum atomic E-state index is 12.3. The summed E-state index contributed by atoms with van der Waals surface area (Å²) in [5, 5.41) is 12.8. The van der Waals surface area contributed by atoms with E-state index in [1.807, 2.05) is 6.92 Å². The van der Waals surface area contributed by atoms with Gasteiger partial charge in [0.2, 0.25) is 5.91 Å². The minimum atomic E-state index is -0.922. The molecule has 2 heterocycles. The van der Waals surface area contributed by atoms with Gasteiger partial charge in [0.25, 0.3) is 5.56 Å². The Hall–Kier alpha value is -2.39. The van der Waals surface area contributed by atoms with Crippen molar-refractivity contribution >= 4 is 22.8 Å². The first-order valence-electron chi connectivity index (χ1n) is 9.39. The number of H-pyrrole nitrogens is 1. The number of carbonyl (C=O) groups is 2. The first-order valence-corrected chi connectivity index (χ1v) is 10.4. The number of amides is 1. The fourth-order valence-corrected chi connectivity index (χ4v) is 3.53. The third-order valence-corrected chi connectivity index (χ3v) is 5.28. The number of methoxy groups -OCH3 is 1. The fourth-order valence-electron chi connectivity index (χ4n) is 2.96. The molecule has 10 nitrogen and oxygen atoms in total. The largest absolute Gasteiger partial charge is 0.388 e. The normalized spacial score (nSPS) is 22.9. The van der Waals surface area contributed by atoms with E-state index in [0.717, 1.165) is 16.3 Å². The molecule has 1 fully saturated rings. The van der Waals surface area contributed by atoms with Crippen molar-refractivity contribution in [3.05, 3.63) is 32.6 Å². The zero-order valence-electron chi connectivity index (χ0n) is 17.0. The molecule has 3 N–H and O–H groups in total. The Balaban J connectivity index is 2.10. The van der Waals surface area contributed by atoms with E-state index in [1.165, 1.54) is 20.2 Å². The first kappa shape index (κ1) is 23.9. The second-order valence-corrected chi connectivity index (χ2v) is 7.81. The van der Waals surface area contributed by atoms with Gasteiger partial charge in [0.05, 0.1) is 12.6 Å². The number of hydrogen-bond acceptors (Lipinski definition) is 8. The van der Waals surface area contributed by atoms with E-state index in [-0.39, 0.29) is 29.6 Å². The molecular formula is C19H25N3O7S. The molecule has 0 saturated carbocycles. The Morgan fingerprint density at radius 1 is 1.43 bits per heavy atom. The van der Waals surface area contributed by atoms with E-state index in [2.05, 4.69) is 22.1 Å². The summed E-state index contributed by atoms with van der Waals surface area (Å²) < 4.78 is 12.2. The van der Waals surface area contributed by atoms with E-state index in [1.54, 1.807) is 0 Å². The van der Waals surface area contributed by atoms with Crippen molar-refractivity contribution in [3.8, 4) is 11.8 Å². The summed E-state index contributed by atoms with van der Waals surface area (Å²) in [6.07, 6.45) is -1.19. The molecule has 1 amide bonds. The Morgan fingerprint density at radius 3 is 2.80 bits per heavy atom. The average molecular weight is 439 g/mol. The monoisotopic (exact) mass is 439 g/mol. The van der Waals surface area contributed by atoms with Gasteiger partial charge in [0, 0.05) is 32.4 Å². The van der Waals surface area contributed by atoms with Crippen LogP contribution in [-0.4, -0.2) is 63.4 Å². The van der Waals surface area contributed by atoms with Gasteiger partial charge < -0.3 is 19.9 Å². The van der Waals surface area contributed by atoms with E-state index >= 15 is 0 Å². The van der Waals surface area contributed by atoms with Crippen LogP contribution in [0.3, 0.4) is 0 Å². The lowest BCUT2D eigenvalue weighted by Crippen LogP contribution is -2.39. The minimum absolute atomic E-state index is 0.000610. The lowest BCUT2D eigenvalue weighted by Gasteiger charge is -2.20. The van der Waals surface area contributed by atoms with Crippen LogP contribution >= 0.6 is 11.8 Å². The number of nitrogens with one attached hydrogen (secondary N) is 2. The van der Waals surface area contributed by atoms with Crippen LogP contribution in [0.15, 0.2) is 15.8 Å². The van der Waals surface area contributed by atoms with Gasteiger partial charge in [0.15, 0.2) is 11.3 Å². The molecule has 0 bridgehead atoms. The topological polar surface area (TPSA) is 140 Å². The number of hydrogen-bond donors (Lipinski definition) is 3. The Kier molecular flexibility index (Phi) is 8.86. The SMILES string of the molecule is CC[C@H]1O[C@@H](n2cc(C#CCNC(=O)CCSC(C)=O)c(=O)[nH]c2=O)[C@@H](OC)C1O. The van der Waals surface area contributed by atoms with Crippen molar-refractivity contribution in [3.63, 3.8) is 0 Å². The van der Waals surface area contributed by atoms with Crippen LogP contribution in [0.25, 0.3) is 0 Å². The molecule has 0 aliphatic carbocycles. The van der Waals surface area contributed by atoms with Crippen molar-refractivity contribution in [2.24, 2.45) is 0 Å². The first-order chi connectivity index (χ1) is 14.3. The zero-order chi connectivity index (χ0) is 22.3. The summed E-state index contributed by atoms with van der Waals surface area (Å²) in [5.41, 5.74) is -1.38. The summed E-state index contributed by atoms with van der Waals surface area (Å²) in [6, 6.07) is 0. The number of carbonyl (C=O) groups excluding carboxylic acids is 2. The van der Waals surface area contributed by atoms with Crippen molar-refractivity contribution < 1.29 is 24.2 Å². The number of thioether (sulfide) groups is 1. The molecule has 0 aromatic carbocycles. The predicted molar refractivity (Wildman–Crippen MR) is 110 cm³/mol. The van der Waals surface area contributed by atoms with E-state index in [0.29, 0.717) is 12.2 Å². The van der Waals surface area contributed by atoms with Crippen molar-refractivity contribution in [2.75, 3.05) is 19.4 Å². The second kappa shape index (κ2) is 11.1. The molecule has 1 saturated heterocycles. The van der Waals surface area contributed by atoms with Crippen molar-refractivity contribution in [1.29, 1.82) is 0 Å². The Morgan fingerprint density at radius 2 is 2.17 bits per heavy atom. The highest BCUT2D eigenvalue weighted by atomic mass is 32.2. The standard InChI is InChI=1S/C19H25N3O7S/c1-4-13-15(25)16(28-3)18(29-13)22-10-12(17(26)21-19(22)27)6-5-8-20-14(24)7-9-30-11(2)23/h10,13,15-16,18,25H,4,7-9H2,1-3H3,(H,20,24)(H,21,26,27)/t13-,15?,16+,18-/m1/s1. The maximum absolute atomic E-state index is 12.3. The number of ether oxygens (including phenoxy) is 2. The molecule has 164 valence electrons. The summed E-state index contributed by atoms with van der Waals surface area (Å²) in [7, 11) is 1.40. The van der Waals surface area contributed by atoms with Crippen LogP contribution in [0.2, 0.25) is 0 Å². The number of aromatic nitrogens is 2. The van der Waals surface area contributed by atoms with Crippen LogP contribution in [0, 0.1) is 11.8 Å². The van der Waals surface area contributed by atoms with Gasteiger partial charge in [-0.25, -0.2) is 4.79 Å². The molecule has 0 radical (unpaired) electrons. The van der Waals surface area contributed by atoms with Crippen LogP contribution < -0.4 is 16.6 Å². The van der Waals surface area contributed by atoms with Crippen LogP contribution in [0.4, 0.5) is 0 Å².